The quantitative estimate of drug-likeness (QED) is 0.870. The number of hydrogen-bond acceptors (Lipinski definition) is 3. The van der Waals surface area contributed by atoms with Crippen molar-refractivity contribution in [3.05, 3.63) is 29.6 Å². The highest BCUT2D eigenvalue weighted by atomic mass is 35.5. The molecule has 0 aromatic carbocycles. The van der Waals surface area contributed by atoms with Gasteiger partial charge in [-0.05, 0) is 18.6 Å². The molecule has 1 fully saturated rings. The zero-order valence-corrected chi connectivity index (χ0v) is 13.4. The second-order valence-electron chi connectivity index (χ2n) is 4.90. The molecule has 0 aliphatic carbocycles. The van der Waals surface area contributed by atoms with Gasteiger partial charge in [0.2, 0.25) is 5.91 Å². The smallest absolute Gasteiger partial charge is 0.350 e. The van der Waals surface area contributed by atoms with Crippen molar-refractivity contribution in [1.82, 2.24) is 15.6 Å². The minimum absolute atomic E-state index is 0. The molecule has 0 bridgehead atoms. The number of carbonyl (C=O) groups is 1. The van der Waals surface area contributed by atoms with E-state index in [0.717, 1.165) is 5.56 Å². The zero-order valence-electron chi connectivity index (χ0n) is 11.8. The van der Waals surface area contributed by atoms with Crippen molar-refractivity contribution < 1.29 is 18.0 Å². The van der Waals surface area contributed by atoms with Gasteiger partial charge in [0, 0.05) is 19.3 Å². The molecule has 1 aromatic rings. The van der Waals surface area contributed by atoms with Gasteiger partial charge in [-0.15, -0.1) is 24.8 Å². The maximum Gasteiger partial charge on any atom is 0.393 e. The van der Waals surface area contributed by atoms with Crippen LogP contribution in [0, 0.1) is 18.8 Å². The molecule has 126 valence electrons. The van der Waals surface area contributed by atoms with E-state index in [1.54, 1.807) is 12.3 Å². The zero-order chi connectivity index (χ0) is 14.8. The average Bonchev–Trinajstić information content (AvgIpc) is 2.86. The first-order chi connectivity index (χ1) is 9.39. The molecule has 2 N–H and O–H groups in total. The first-order valence-electron chi connectivity index (χ1n) is 6.35. The highest BCUT2D eigenvalue weighted by Crippen LogP contribution is 2.34. The molecule has 4 nitrogen and oxygen atoms in total. The van der Waals surface area contributed by atoms with E-state index in [1.807, 2.05) is 13.0 Å². The largest absolute Gasteiger partial charge is 0.393 e. The molecule has 2 rings (SSSR count). The second kappa shape index (κ2) is 8.55. The molecular formula is C13H18Cl2F3N3O. The number of hydrogen-bond donors (Lipinski definition) is 2. The minimum atomic E-state index is -4.35. The van der Waals surface area contributed by atoms with E-state index in [0.29, 0.717) is 5.69 Å². The Balaban J connectivity index is 0.00000220. The number of aryl methyl sites for hydroxylation is 1. The van der Waals surface area contributed by atoms with Crippen molar-refractivity contribution in [2.45, 2.75) is 19.6 Å². The molecule has 0 radical (unpaired) electrons. The Morgan fingerprint density at radius 1 is 1.41 bits per heavy atom. The molecular weight excluding hydrogens is 342 g/mol. The SMILES string of the molecule is Cc1cccnc1CNC(=O)[C@@H]1CNC[C@H]1C(F)(F)F.Cl.Cl. The van der Waals surface area contributed by atoms with Gasteiger partial charge in [-0.2, -0.15) is 13.2 Å². The predicted octanol–water partition coefficient (Wildman–Crippen LogP) is 2.25. The molecule has 0 spiro atoms. The molecule has 1 aliphatic rings. The van der Waals surface area contributed by atoms with Gasteiger partial charge in [-0.1, -0.05) is 6.07 Å². The summed E-state index contributed by atoms with van der Waals surface area (Å²) in [6, 6.07) is 3.60. The highest BCUT2D eigenvalue weighted by molar-refractivity contribution is 5.85. The fourth-order valence-corrected chi connectivity index (χ4v) is 2.30. The third kappa shape index (κ3) is 5.00. The van der Waals surface area contributed by atoms with E-state index in [1.165, 1.54) is 0 Å². The molecule has 0 unspecified atom stereocenters. The van der Waals surface area contributed by atoms with Crippen LogP contribution < -0.4 is 10.6 Å². The molecule has 9 heteroatoms. The maximum atomic E-state index is 12.8. The van der Waals surface area contributed by atoms with Crippen LogP contribution in [0.5, 0.6) is 0 Å². The first kappa shape index (κ1) is 20.9. The van der Waals surface area contributed by atoms with E-state index in [2.05, 4.69) is 15.6 Å². The summed E-state index contributed by atoms with van der Waals surface area (Å²) in [6.07, 6.45) is -2.77. The normalized spacial score (nSPS) is 20.7. The molecule has 1 amide bonds. The standard InChI is InChI=1S/C13H16F3N3O.2ClH/c1-8-3-2-4-18-11(8)7-19-12(20)9-5-17-6-10(9)13(14,15)16;;/h2-4,9-10,17H,5-7H2,1H3,(H,19,20);2*1H/t9-,10-;;/m1../s1. The van der Waals surface area contributed by atoms with E-state index < -0.39 is 23.9 Å². The summed E-state index contributed by atoms with van der Waals surface area (Å²) in [4.78, 5) is 16.0. The lowest BCUT2D eigenvalue weighted by atomic mass is 9.94. The lowest BCUT2D eigenvalue weighted by Gasteiger charge is -2.20. The third-order valence-corrected chi connectivity index (χ3v) is 3.52. The predicted molar refractivity (Wildman–Crippen MR) is 81.2 cm³/mol. The molecule has 1 aromatic heterocycles. The van der Waals surface area contributed by atoms with Gasteiger partial charge in [-0.25, -0.2) is 0 Å². The average molecular weight is 360 g/mol. The van der Waals surface area contributed by atoms with Crippen LogP contribution in [0.4, 0.5) is 13.2 Å². The molecule has 0 saturated carbocycles. The Hall–Kier alpha value is -1.05. The number of pyridine rings is 1. The Morgan fingerprint density at radius 3 is 2.68 bits per heavy atom. The van der Waals surface area contributed by atoms with Crippen molar-refractivity contribution in [3.63, 3.8) is 0 Å². The summed E-state index contributed by atoms with van der Waals surface area (Å²) in [7, 11) is 0. The summed E-state index contributed by atoms with van der Waals surface area (Å²) in [6.45, 7) is 1.83. The Labute approximate surface area is 139 Å². The first-order valence-corrected chi connectivity index (χ1v) is 6.35. The van der Waals surface area contributed by atoms with E-state index in [-0.39, 0.29) is 44.4 Å². The van der Waals surface area contributed by atoms with Gasteiger partial charge in [0.05, 0.1) is 24.1 Å². The Bertz CT molecular complexity index is 500. The van der Waals surface area contributed by atoms with Crippen LogP contribution in [0.3, 0.4) is 0 Å². The van der Waals surface area contributed by atoms with Crippen LogP contribution in [-0.2, 0) is 11.3 Å². The molecule has 22 heavy (non-hydrogen) atoms. The van der Waals surface area contributed by atoms with Crippen molar-refractivity contribution in [3.8, 4) is 0 Å². The number of nitrogens with zero attached hydrogens (tertiary/aromatic N) is 1. The monoisotopic (exact) mass is 359 g/mol. The number of amides is 1. The van der Waals surface area contributed by atoms with E-state index >= 15 is 0 Å². The fraction of sp³-hybridized carbons (Fsp3) is 0.538. The summed E-state index contributed by atoms with van der Waals surface area (Å²) in [5.41, 5.74) is 1.56. The lowest BCUT2D eigenvalue weighted by molar-refractivity contribution is -0.182. The number of carbonyl (C=O) groups excluding carboxylic acids is 1. The van der Waals surface area contributed by atoms with Gasteiger partial charge in [0.15, 0.2) is 0 Å². The van der Waals surface area contributed by atoms with E-state index in [9.17, 15) is 18.0 Å². The van der Waals surface area contributed by atoms with Gasteiger partial charge in [0.25, 0.3) is 0 Å². The van der Waals surface area contributed by atoms with Gasteiger partial charge < -0.3 is 10.6 Å². The second-order valence-corrected chi connectivity index (χ2v) is 4.90. The number of alkyl halides is 3. The number of rotatable bonds is 3. The van der Waals surface area contributed by atoms with Crippen LogP contribution >= 0.6 is 24.8 Å². The summed E-state index contributed by atoms with van der Waals surface area (Å²) < 4.78 is 38.3. The Kier molecular flexibility index (Phi) is 8.14. The minimum Gasteiger partial charge on any atom is -0.350 e. The van der Waals surface area contributed by atoms with Crippen LogP contribution in [0.2, 0.25) is 0 Å². The topological polar surface area (TPSA) is 54.0 Å². The van der Waals surface area contributed by atoms with Crippen LogP contribution in [0.15, 0.2) is 18.3 Å². The van der Waals surface area contributed by atoms with Crippen molar-refractivity contribution in [2.24, 2.45) is 11.8 Å². The summed E-state index contributed by atoms with van der Waals surface area (Å²) in [5, 5.41) is 5.17. The van der Waals surface area contributed by atoms with Crippen LogP contribution in [0.1, 0.15) is 11.3 Å². The summed E-state index contributed by atoms with van der Waals surface area (Å²) in [5.74, 6) is -3.27. The van der Waals surface area contributed by atoms with Gasteiger partial charge in [-0.3, -0.25) is 9.78 Å². The van der Waals surface area contributed by atoms with Gasteiger partial charge in [0.1, 0.15) is 0 Å². The summed E-state index contributed by atoms with van der Waals surface area (Å²) >= 11 is 0. The van der Waals surface area contributed by atoms with Crippen LogP contribution in [0.25, 0.3) is 0 Å². The Morgan fingerprint density at radius 2 is 2.09 bits per heavy atom. The maximum absolute atomic E-state index is 12.8. The molecule has 1 aliphatic heterocycles. The van der Waals surface area contributed by atoms with Crippen LogP contribution in [-0.4, -0.2) is 30.2 Å². The third-order valence-electron chi connectivity index (χ3n) is 3.52. The molecule has 2 heterocycles. The molecule has 2 atom stereocenters. The van der Waals surface area contributed by atoms with Crippen molar-refractivity contribution in [2.75, 3.05) is 13.1 Å². The number of halogens is 5. The van der Waals surface area contributed by atoms with Gasteiger partial charge >= 0.3 is 6.18 Å². The van der Waals surface area contributed by atoms with Crippen molar-refractivity contribution in [1.29, 1.82) is 0 Å². The molecule has 1 saturated heterocycles. The lowest BCUT2D eigenvalue weighted by Crippen LogP contribution is -2.40. The highest BCUT2D eigenvalue weighted by Gasteiger charge is 2.49. The number of aromatic nitrogens is 1. The fourth-order valence-electron chi connectivity index (χ4n) is 2.30. The number of nitrogens with one attached hydrogen (secondary N) is 2. The van der Waals surface area contributed by atoms with Crippen molar-refractivity contribution >= 4 is 30.7 Å². The van der Waals surface area contributed by atoms with E-state index in [4.69, 9.17) is 0 Å².